The zero-order valence-corrected chi connectivity index (χ0v) is 19.1. The number of hydrogen-bond acceptors (Lipinski definition) is 7. The third-order valence-corrected chi connectivity index (χ3v) is 5.58. The molecule has 2 amide bonds. The lowest BCUT2D eigenvalue weighted by Gasteiger charge is -2.15. The van der Waals surface area contributed by atoms with Crippen LogP contribution >= 0.6 is 35.6 Å². The van der Waals surface area contributed by atoms with E-state index in [1.165, 1.54) is 12.1 Å². The normalized spacial score (nSPS) is 14.6. The molecule has 11 heteroatoms. The molecule has 3 rings (SSSR count). The first-order valence-corrected chi connectivity index (χ1v) is 10.8. The fourth-order valence-electron chi connectivity index (χ4n) is 2.62. The van der Waals surface area contributed by atoms with Crippen LogP contribution in [0.3, 0.4) is 0 Å². The van der Waals surface area contributed by atoms with Gasteiger partial charge in [0, 0.05) is 10.6 Å². The van der Waals surface area contributed by atoms with Gasteiger partial charge in [0.2, 0.25) is 0 Å². The summed E-state index contributed by atoms with van der Waals surface area (Å²) in [6, 6.07) is 11.0. The van der Waals surface area contributed by atoms with Gasteiger partial charge in [0.15, 0.2) is 22.4 Å². The summed E-state index contributed by atoms with van der Waals surface area (Å²) in [5.74, 6) is -1.48. The molecule has 1 heterocycles. The molecule has 8 nitrogen and oxygen atoms in total. The van der Waals surface area contributed by atoms with Crippen molar-refractivity contribution in [3.63, 3.8) is 0 Å². The van der Waals surface area contributed by atoms with Crippen LogP contribution in [0.15, 0.2) is 47.4 Å². The monoisotopic (exact) mass is 492 g/mol. The van der Waals surface area contributed by atoms with E-state index in [2.05, 4.69) is 5.43 Å². The maximum Gasteiger partial charge on any atom is 0.341 e. The van der Waals surface area contributed by atoms with Crippen molar-refractivity contribution in [3.8, 4) is 11.5 Å². The molecule has 1 saturated heterocycles. The molecule has 2 aromatic carbocycles. The minimum absolute atomic E-state index is 0.176. The van der Waals surface area contributed by atoms with Gasteiger partial charge >= 0.3 is 5.97 Å². The lowest BCUT2D eigenvalue weighted by molar-refractivity contribution is -0.139. The van der Waals surface area contributed by atoms with E-state index in [0.717, 1.165) is 16.8 Å². The maximum atomic E-state index is 12.8. The fourth-order valence-corrected chi connectivity index (χ4v) is 3.93. The van der Waals surface area contributed by atoms with Crippen LogP contribution in [0.5, 0.6) is 11.5 Å². The Morgan fingerprint density at radius 1 is 1.19 bits per heavy atom. The van der Waals surface area contributed by atoms with Gasteiger partial charge in [-0.05, 0) is 67.2 Å². The lowest BCUT2D eigenvalue weighted by atomic mass is 10.2. The number of hydrazine groups is 1. The predicted molar refractivity (Wildman–Crippen MR) is 125 cm³/mol. The van der Waals surface area contributed by atoms with Crippen molar-refractivity contribution >= 4 is 63.8 Å². The number of rotatable bonds is 8. The van der Waals surface area contributed by atoms with Crippen LogP contribution in [0.25, 0.3) is 6.08 Å². The van der Waals surface area contributed by atoms with Crippen LogP contribution in [0.4, 0.5) is 0 Å². The molecule has 2 aromatic rings. The number of amides is 2. The maximum absolute atomic E-state index is 12.8. The SMILES string of the molecule is CCOc1cc(/C=C2/SC(=S)N(NC(=O)c3ccc(Cl)cc3)C2=O)ccc1OCC(=O)O. The molecular weight excluding hydrogens is 476 g/mol. The number of hydrogen-bond donors (Lipinski definition) is 2. The highest BCUT2D eigenvalue weighted by Crippen LogP contribution is 2.34. The number of carboxylic acids is 1. The van der Waals surface area contributed by atoms with Gasteiger partial charge in [0.1, 0.15) is 0 Å². The number of halogens is 1. The number of benzene rings is 2. The summed E-state index contributed by atoms with van der Waals surface area (Å²) in [5.41, 5.74) is 3.43. The van der Waals surface area contributed by atoms with E-state index in [1.807, 2.05) is 0 Å². The van der Waals surface area contributed by atoms with E-state index in [4.69, 9.17) is 38.4 Å². The molecule has 0 aromatic heterocycles. The number of nitrogens with one attached hydrogen (secondary N) is 1. The van der Waals surface area contributed by atoms with E-state index >= 15 is 0 Å². The van der Waals surface area contributed by atoms with Crippen molar-refractivity contribution in [2.75, 3.05) is 13.2 Å². The van der Waals surface area contributed by atoms with Gasteiger partial charge in [0.05, 0.1) is 11.5 Å². The first kappa shape index (κ1) is 23.6. The number of carbonyl (C=O) groups excluding carboxylic acids is 2. The van der Waals surface area contributed by atoms with Crippen LogP contribution < -0.4 is 14.9 Å². The summed E-state index contributed by atoms with van der Waals surface area (Å²) < 4.78 is 10.9. The molecular formula is C21H17ClN2O6S2. The quantitative estimate of drug-likeness (QED) is 0.424. The van der Waals surface area contributed by atoms with E-state index in [-0.39, 0.29) is 10.1 Å². The first-order chi connectivity index (χ1) is 15.3. The van der Waals surface area contributed by atoms with Gasteiger partial charge in [-0.1, -0.05) is 29.4 Å². The summed E-state index contributed by atoms with van der Waals surface area (Å²) in [6.07, 6.45) is 1.59. The Hall–Kier alpha value is -3.08. The van der Waals surface area contributed by atoms with Crippen LogP contribution in [-0.4, -0.2) is 45.4 Å². The molecule has 0 radical (unpaired) electrons. The predicted octanol–water partition coefficient (Wildman–Crippen LogP) is 3.75. The highest BCUT2D eigenvalue weighted by Gasteiger charge is 2.33. The number of carbonyl (C=O) groups is 3. The summed E-state index contributed by atoms with van der Waals surface area (Å²) in [6.45, 7) is 1.61. The van der Waals surface area contributed by atoms with E-state index in [0.29, 0.717) is 33.4 Å². The van der Waals surface area contributed by atoms with Crippen LogP contribution in [0.2, 0.25) is 5.02 Å². The second-order valence-corrected chi connectivity index (χ2v) is 8.40. The van der Waals surface area contributed by atoms with Crippen LogP contribution in [-0.2, 0) is 9.59 Å². The molecule has 1 aliphatic heterocycles. The Bertz CT molecular complexity index is 1100. The number of nitrogens with zero attached hydrogens (tertiary/aromatic N) is 1. The van der Waals surface area contributed by atoms with Crippen molar-refractivity contribution in [2.45, 2.75) is 6.92 Å². The van der Waals surface area contributed by atoms with Gasteiger partial charge in [-0.3, -0.25) is 15.0 Å². The van der Waals surface area contributed by atoms with Gasteiger partial charge in [-0.25, -0.2) is 4.79 Å². The molecule has 0 bridgehead atoms. The average Bonchev–Trinajstić information content (AvgIpc) is 3.01. The molecule has 0 unspecified atom stereocenters. The fraction of sp³-hybridized carbons (Fsp3) is 0.143. The molecule has 166 valence electrons. The summed E-state index contributed by atoms with van der Waals surface area (Å²) >= 11 is 12.1. The number of thiocarbonyl (C=S) groups is 1. The smallest absolute Gasteiger partial charge is 0.341 e. The molecule has 32 heavy (non-hydrogen) atoms. The van der Waals surface area contributed by atoms with Gasteiger partial charge < -0.3 is 14.6 Å². The standard InChI is InChI=1S/C21H17ClN2O6S2/c1-2-29-16-9-12(3-8-15(16)30-11-18(25)26)10-17-20(28)24(21(31)32-17)23-19(27)13-4-6-14(22)7-5-13/h3-10H,2,11H2,1H3,(H,23,27)(H,25,26)/b17-10+. The molecule has 1 aliphatic rings. The Labute approximate surface area is 198 Å². The molecule has 0 saturated carbocycles. The van der Waals surface area contributed by atoms with Crippen LogP contribution in [0.1, 0.15) is 22.8 Å². The average molecular weight is 493 g/mol. The van der Waals surface area contributed by atoms with Gasteiger partial charge in [-0.15, -0.1) is 0 Å². The van der Waals surface area contributed by atoms with Gasteiger partial charge in [-0.2, -0.15) is 5.01 Å². The lowest BCUT2D eigenvalue weighted by Crippen LogP contribution is -2.44. The number of ether oxygens (including phenoxy) is 2. The first-order valence-electron chi connectivity index (χ1n) is 9.24. The van der Waals surface area contributed by atoms with E-state index < -0.39 is 24.4 Å². The van der Waals surface area contributed by atoms with Gasteiger partial charge in [0.25, 0.3) is 11.8 Å². The van der Waals surface area contributed by atoms with Crippen LogP contribution in [0, 0.1) is 0 Å². The molecule has 0 spiro atoms. The zero-order chi connectivity index (χ0) is 23.3. The largest absolute Gasteiger partial charge is 0.490 e. The Morgan fingerprint density at radius 3 is 2.56 bits per heavy atom. The number of carboxylic acid groups (broad SMARTS) is 1. The Kier molecular flexibility index (Phi) is 7.73. The number of thioether (sulfide) groups is 1. The summed E-state index contributed by atoms with van der Waals surface area (Å²) in [5, 5.41) is 10.3. The molecule has 2 N–H and O–H groups in total. The minimum Gasteiger partial charge on any atom is -0.490 e. The summed E-state index contributed by atoms with van der Waals surface area (Å²) in [7, 11) is 0. The second-order valence-electron chi connectivity index (χ2n) is 6.29. The van der Waals surface area contributed by atoms with E-state index in [9.17, 15) is 14.4 Å². The minimum atomic E-state index is -1.11. The van der Waals surface area contributed by atoms with Crippen molar-refractivity contribution in [2.24, 2.45) is 0 Å². The second kappa shape index (κ2) is 10.5. The Morgan fingerprint density at radius 2 is 1.91 bits per heavy atom. The Balaban J connectivity index is 1.77. The molecule has 0 aliphatic carbocycles. The van der Waals surface area contributed by atoms with Crippen molar-refractivity contribution in [1.82, 2.24) is 10.4 Å². The van der Waals surface area contributed by atoms with Crippen molar-refractivity contribution in [1.29, 1.82) is 0 Å². The third kappa shape index (κ3) is 5.78. The van der Waals surface area contributed by atoms with E-state index in [1.54, 1.807) is 43.3 Å². The number of aliphatic carboxylic acids is 1. The highest BCUT2D eigenvalue weighted by molar-refractivity contribution is 8.26. The molecule has 1 fully saturated rings. The summed E-state index contributed by atoms with van der Waals surface area (Å²) in [4.78, 5) is 36.3. The van der Waals surface area contributed by atoms with Crippen molar-refractivity contribution in [3.05, 3.63) is 63.5 Å². The zero-order valence-electron chi connectivity index (χ0n) is 16.7. The third-order valence-electron chi connectivity index (χ3n) is 4.03. The van der Waals surface area contributed by atoms with Crippen molar-refractivity contribution < 1.29 is 29.0 Å². The topological polar surface area (TPSA) is 105 Å². The molecule has 0 atom stereocenters. The highest BCUT2D eigenvalue weighted by atomic mass is 35.5.